The van der Waals surface area contributed by atoms with E-state index in [0.29, 0.717) is 5.33 Å². The zero-order chi connectivity index (χ0) is 11.5. The van der Waals surface area contributed by atoms with E-state index in [4.69, 9.17) is 0 Å². The first-order valence-electron chi connectivity index (χ1n) is 4.92. The van der Waals surface area contributed by atoms with Crippen molar-refractivity contribution in [3.05, 3.63) is 0 Å². The van der Waals surface area contributed by atoms with Crippen molar-refractivity contribution >= 4 is 31.7 Å². The molecule has 1 aliphatic carbocycles. The molecule has 0 aliphatic heterocycles. The Bertz CT molecular complexity index is 333. The summed E-state index contributed by atoms with van der Waals surface area (Å²) in [7, 11) is -3.23. The van der Waals surface area contributed by atoms with Gasteiger partial charge in [-0.25, -0.2) is 8.42 Å². The van der Waals surface area contributed by atoms with Gasteiger partial charge in [0.25, 0.3) is 0 Å². The Labute approximate surface area is 98.9 Å². The quantitative estimate of drug-likeness (QED) is 0.783. The second-order valence-corrected chi connectivity index (χ2v) is 6.94. The molecule has 0 bridgehead atoms. The molecule has 1 aliphatic rings. The van der Waals surface area contributed by atoms with E-state index in [1.54, 1.807) is 0 Å². The minimum absolute atomic E-state index is 0.220. The fourth-order valence-corrected chi connectivity index (χ4v) is 3.16. The fraction of sp³-hybridized carbons (Fsp3) is 0.889. The summed E-state index contributed by atoms with van der Waals surface area (Å²) in [5, 5.41) is 3.52. The molecule has 0 radical (unpaired) electrons. The van der Waals surface area contributed by atoms with Crippen molar-refractivity contribution < 1.29 is 13.2 Å². The summed E-state index contributed by atoms with van der Waals surface area (Å²) in [6.07, 6.45) is 5.10. The Morgan fingerprint density at radius 2 is 1.93 bits per heavy atom. The molecule has 0 aromatic carbocycles. The van der Waals surface area contributed by atoms with Crippen molar-refractivity contribution in [2.24, 2.45) is 0 Å². The van der Waals surface area contributed by atoms with Crippen LogP contribution in [0.5, 0.6) is 0 Å². The molecule has 0 aromatic rings. The number of carbonyl (C=O) groups excluding carboxylic acids is 1. The minimum atomic E-state index is -3.23. The van der Waals surface area contributed by atoms with Crippen LogP contribution >= 0.6 is 15.9 Å². The summed E-state index contributed by atoms with van der Waals surface area (Å²) in [6.45, 7) is 0. The van der Waals surface area contributed by atoms with Gasteiger partial charge in [0, 0.05) is 17.1 Å². The van der Waals surface area contributed by atoms with E-state index < -0.39 is 15.6 Å². The molecule has 4 nitrogen and oxygen atoms in total. The second kappa shape index (κ2) is 4.82. The van der Waals surface area contributed by atoms with Crippen molar-refractivity contribution in [3.63, 3.8) is 0 Å². The van der Waals surface area contributed by atoms with Crippen LogP contribution in [0, 0.1) is 0 Å². The molecule has 0 aromatic heterocycles. The van der Waals surface area contributed by atoms with E-state index in [2.05, 4.69) is 21.2 Å². The van der Waals surface area contributed by atoms with Gasteiger partial charge in [-0.15, -0.1) is 0 Å². The van der Waals surface area contributed by atoms with Crippen molar-refractivity contribution in [1.82, 2.24) is 5.32 Å². The molecular weight excluding hydrogens is 282 g/mol. The lowest BCUT2D eigenvalue weighted by Crippen LogP contribution is -2.49. The predicted molar refractivity (Wildman–Crippen MR) is 62.8 cm³/mol. The van der Waals surface area contributed by atoms with Crippen LogP contribution in [0.2, 0.25) is 0 Å². The van der Waals surface area contributed by atoms with Crippen molar-refractivity contribution in [1.29, 1.82) is 0 Å². The van der Waals surface area contributed by atoms with E-state index in [-0.39, 0.29) is 11.4 Å². The van der Waals surface area contributed by atoms with Gasteiger partial charge in [0.1, 0.15) is 5.75 Å². The predicted octanol–water partition coefficient (Wildman–Crippen LogP) is 0.855. The summed E-state index contributed by atoms with van der Waals surface area (Å²) < 4.78 is 21.9. The summed E-state index contributed by atoms with van der Waals surface area (Å²) in [5.41, 5.74) is -0.220. The molecule has 1 N–H and O–H groups in total. The number of carbonyl (C=O) groups is 1. The number of sulfone groups is 1. The van der Waals surface area contributed by atoms with Crippen LogP contribution in [-0.4, -0.2) is 37.2 Å². The molecule has 1 rings (SSSR count). The van der Waals surface area contributed by atoms with Crippen LogP contribution in [0.25, 0.3) is 0 Å². The van der Waals surface area contributed by atoms with Crippen LogP contribution in [0.3, 0.4) is 0 Å². The minimum Gasteiger partial charge on any atom is -0.349 e. The Balaban J connectivity index is 2.56. The van der Waals surface area contributed by atoms with E-state index in [9.17, 15) is 13.2 Å². The number of nitrogens with one attached hydrogen (secondary N) is 1. The molecule has 0 atom stereocenters. The first kappa shape index (κ1) is 13.0. The summed E-state index contributed by atoms with van der Waals surface area (Å²) in [5.74, 6) is -0.805. The molecule has 1 saturated carbocycles. The maximum absolute atomic E-state index is 11.5. The Morgan fingerprint density at radius 3 is 2.33 bits per heavy atom. The Kier molecular flexibility index (Phi) is 4.17. The third-order valence-electron chi connectivity index (χ3n) is 2.61. The number of hydrogen-bond donors (Lipinski definition) is 1. The van der Waals surface area contributed by atoms with E-state index in [1.165, 1.54) is 0 Å². The maximum Gasteiger partial charge on any atom is 0.235 e. The molecular formula is C9H16BrNO3S. The van der Waals surface area contributed by atoms with Gasteiger partial charge < -0.3 is 5.32 Å². The summed E-state index contributed by atoms with van der Waals surface area (Å²) in [4.78, 5) is 11.5. The fourth-order valence-electron chi connectivity index (χ4n) is 1.91. The van der Waals surface area contributed by atoms with Gasteiger partial charge in [0.15, 0.2) is 9.84 Å². The lowest BCUT2D eigenvalue weighted by atomic mass is 10.0. The molecule has 6 heteroatoms. The standard InChI is InChI=1S/C9H16BrNO3S/c1-15(13,14)6-8(12)11-9(7-10)4-2-3-5-9/h2-7H2,1H3,(H,11,12). The number of amides is 1. The third kappa shape index (κ3) is 4.10. The van der Waals surface area contributed by atoms with Crippen LogP contribution < -0.4 is 5.32 Å². The van der Waals surface area contributed by atoms with E-state index in [1.807, 2.05) is 0 Å². The first-order chi connectivity index (χ1) is 6.87. The molecule has 1 amide bonds. The summed E-state index contributed by atoms with van der Waals surface area (Å²) >= 11 is 3.38. The molecule has 15 heavy (non-hydrogen) atoms. The van der Waals surface area contributed by atoms with Crippen molar-refractivity contribution in [2.45, 2.75) is 31.2 Å². The molecule has 88 valence electrons. The molecule has 0 saturated heterocycles. The summed E-state index contributed by atoms with van der Waals surface area (Å²) in [6, 6.07) is 0. The van der Waals surface area contributed by atoms with Gasteiger partial charge >= 0.3 is 0 Å². The number of hydrogen-bond acceptors (Lipinski definition) is 3. The SMILES string of the molecule is CS(=O)(=O)CC(=O)NC1(CBr)CCCC1. The highest BCUT2D eigenvalue weighted by Crippen LogP contribution is 2.31. The molecule has 0 unspecified atom stereocenters. The van der Waals surface area contributed by atoms with Crippen molar-refractivity contribution in [2.75, 3.05) is 17.3 Å². The highest BCUT2D eigenvalue weighted by Gasteiger charge is 2.34. The highest BCUT2D eigenvalue weighted by atomic mass is 79.9. The van der Waals surface area contributed by atoms with Crippen LogP contribution in [0.4, 0.5) is 0 Å². The topological polar surface area (TPSA) is 63.2 Å². The average Bonchev–Trinajstić information content (AvgIpc) is 2.50. The molecule has 1 fully saturated rings. The zero-order valence-electron chi connectivity index (χ0n) is 8.75. The van der Waals surface area contributed by atoms with Gasteiger partial charge in [-0.05, 0) is 12.8 Å². The largest absolute Gasteiger partial charge is 0.349 e. The van der Waals surface area contributed by atoms with E-state index in [0.717, 1.165) is 31.9 Å². The van der Waals surface area contributed by atoms with Gasteiger partial charge in [-0.1, -0.05) is 28.8 Å². The number of alkyl halides is 1. The molecule has 0 heterocycles. The third-order valence-corrected chi connectivity index (χ3v) is 4.47. The van der Waals surface area contributed by atoms with Gasteiger partial charge in [0.2, 0.25) is 5.91 Å². The van der Waals surface area contributed by atoms with Crippen molar-refractivity contribution in [3.8, 4) is 0 Å². The monoisotopic (exact) mass is 297 g/mol. The average molecular weight is 298 g/mol. The lowest BCUT2D eigenvalue weighted by Gasteiger charge is -2.27. The number of rotatable bonds is 4. The first-order valence-corrected chi connectivity index (χ1v) is 8.10. The lowest BCUT2D eigenvalue weighted by molar-refractivity contribution is -0.120. The second-order valence-electron chi connectivity index (χ2n) is 4.24. The van der Waals surface area contributed by atoms with Gasteiger partial charge in [-0.2, -0.15) is 0 Å². The normalized spacial score (nSPS) is 20.1. The highest BCUT2D eigenvalue weighted by molar-refractivity contribution is 9.09. The molecule has 0 spiro atoms. The van der Waals surface area contributed by atoms with Crippen LogP contribution in [-0.2, 0) is 14.6 Å². The Morgan fingerprint density at radius 1 is 1.40 bits per heavy atom. The van der Waals surface area contributed by atoms with Gasteiger partial charge in [-0.3, -0.25) is 4.79 Å². The van der Waals surface area contributed by atoms with Gasteiger partial charge in [0.05, 0.1) is 0 Å². The van der Waals surface area contributed by atoms with E-state index >= 15 is 0 Å². The smallest absolute Gasteiger partial charge is 0.235 e. The number of halogens is 1. The zero-order valence-corrected chi connectivity index (χ0v) is 11.2. The van der Waals surface area contributed by atoms with Crippen LogP contribution in [0.1, 0.15) is 25.7 Å². The van der Waals surface area contributed by atoms with Crippen LogP contribution in [0.15, 0.2) is 0 Å². The maximum atomic E-state index is 11.5. The Hall–Kier alpha value is -0.100.